The van der Waals surface area contributed by atoms with Gasteiger partial charge in [-0.1, -0.05) is 59.6 Å². The average Bonchev–Trinajstić information content (AvgIpc) is 2.58. The Morgan fingerprint density at radius 2 is 1.96 bits per heavy atom. The number of hydrogen-bond donors (Lipinski definition) is 1. The van der Waals surface area contributed by atoms with Gasteiger partial charge in [-0.2, -0.15) is 5.10 Å². The summed E-state index contributed by atoms with van der Waals surface area (Å²) in [6.07, 6.45) is 1.76. The van der Waals surface area contributed by atoms with Crippen molar-refractivity contribution in [1.82, 2.24) is 5.43 Å². The van der Waals surface area contributed by atoms with Gasteiger partial charge in [0.15, 0.2) is 6.61 Å². The molecule has 0 aliphatic heterocycles. The summed E-state index contributed by atoms with van der Waals surface area (Å²) in [5.74, 6) is 0.413. The van der Waals surface area contributed by atoms with Gasteiger partial charge in [-0.15, -0.1) is 0 Å². The third-order valence-electron chi connectivity index (χ3n) is 3.41. The third-order valence-corrected chi connectivity index (χ3v) is 3.90. The summed E-state index contributed by atoms with van der Waals surface area (Å²) in [5, 5.41) is 4.26. The number of amides is 1. The molecule has 1 amide bonds. The van der Waals surface area contributed by atoms with Crippen LogP contribution < -0.4 is 10.2 Å². The lowest BCUT2D eigenvalue weighted by molar-refractivity contribution is -0.123. The second-order valence-electron chi connectivity index (χ2n) is 5.41. The number of halogens is 1. The molecule has 0 atom stereocenters. The molecule has 0 bridgehead atoms. The third kappa shape index (κ3) is 5.49. The lowest BCUT2D eigenvalue weighted by Gasteiger charge is -2.09. The smallest absolute Gasteiger partial charge is 0.277 e. The number of ether oxygens (including phenoxy) is 1. The van der Waals surface area contributed by atoms with Crippen molar-refractivity contribution in [2.45, 2.75) is 26.7 Å². The van der Waals surface area contributed by atoms with Gasteiger partial charge >= 0.3 is 0 Å². The van der Waals surface area contributed by atoms with E-state index in [4.69, 9.17) is 4.74 Å². The number of carbonyl (C=O) groups excluding carboxylic acids is 1. The lowest BCUT2D eigenvalue weighted by atomic mass is 10.1. The first kappa shape index (κ1) is 18.2. The molecule has 2 aromatic rings. The van der Waals surface area contributed by atoms with Gasteiger partial charge in [0.05, 0.1) is 5.71 Å². The van der Waals surface area contributed by atoms with Gasteiger partial charge in [0.25, 0.3) is 5.91 Å². The van der Waals surface area contributed by atoms with Crippen LogP contribution in [-0.4, -0.2) is 18.2 Å². The van der Waals surface area contributed by atoms with Crippen LogP contribution in [-0.2, 0) is 4.79 Å². The maximum absolute atomic E-state index is 12.0. The number of nitrogens with one attached hydrogen (secondary N) is 1. The number of benzene rings is 2. The number of hydrogen-bond acceptors (Lipinski definition) is 3. The van der Waals surface area contributed by atoms with E-state index in [-0.39, 0.29) is 12.5 Å². The van der Waals surface area contributed by atoms with Crippen molar-refractivity contribution in [2.24, 2.45) is 5.10 Å². The molecular formula is C19H21BrN2O2. The fraction of sp³-hybridized carbons (Fsp3) is 0.263. The van der Waals surface area contributed by atoms with Crippen molar-refractivity contribution in [1.29, 1.82) is 0 Å². The zero-order chi connectivity index (χ0) is 17.4. The highest BCUT2D eigenvalue weighted by atomic mass is 79.9. The first-order valence-corrected chi connectivity index (χ1v) is 8.69. The van der Waals surface area contributed by atoms with Crippen LogP contribution in [0.4, 0.5) is 0 Å². The zero-order valence-electron chi connectivity index (χ0n) is 13.9. The van der Waals surface area contributed by atoms with Crippen molar-refractivity contribution < 1.29 is 9.53 Å². The molecule has 1 N–H and O–H groups in total. The van der Waals surface area contributed by atoms with Crippen LogP contribution in [0.2, 0.25) is 0 Å². The van der Waals surface area contributed by atoms with Gasteiger partial charge in [-0.3, -0.25) is 4.79 Å². The topological polar surface area (TPSA) is 50.7 Å². The molecule has 0 aliphatic carbocycles. The molecule has 0 heterocycles. The predicted octanol–water partition coefficient (Wildman–Crippen LogP) is 4.46. The quantitative estimate of drug-likeness (QED) is 0.562. The van der Waals surface area contributed by atoms with Gasteiger partial charge in [0.1, 0.15) is 5.75 Å². The first-order valence-electron chi connectivity index (χ1n) is 7.90. The van der Waals surface area contributed by atoms with E-state index in [1.165, 1.54) is 0 Å². The molecule has 126 valence electrons. The molecule has 0 saturated heterocycles. The Morgan fingerprint density at radius 1 is 1.21 bits per heavy atom. The fourth-order valence-electron chi connectivity index (χ4n) is 2.21. The minimum atomic E-state index is -0.276. The summed E-state index contributed by atoms with van der Waals surface area (Å²) in [4.78, 5) is 12.0. The summed E-state index contributed by atoms with van der Waals surface area (Å²) in [7, 11) is 0. The molecule has 2 rings (SSSR count). The van der Waals surface area contributed by atoms with Crippen LogP contribution >= 0.6 is 15.9 Å². The Labute approximate surface area is 151 Å². The summed E-state index contributed by atoms with van der Waals surface area (Å²) >= 11 is 3.40. The molecule has 0 aliphatic rings. The summed E-state index contributed by atoms with van der Waals surface area (Å²) < 4.78 is 6.53. The van der Waals surface area contributed by atoms with Crippen LogP contribution in [0.3, 0.4) is 0 Å². The predicted molar refractivity (Wildman–Crippen MR) is 100 cm³/mol. The highest BCUT2D eigenvalue weighted by molar-refractivity contribution is 9.10. The molecule has 0 radical (unpaired) electrons. The molecule has 2 aromatic carbocycles. The van der Waals surface area contributed by atoms with Gasteiger partial charge in [-0.25, -0.2) is 5.43 Å². The number of aryl methyl sites for hydroxylation is 1. The molecule has 0 saturated carbocycles. The van der Waals surface area contributed by atoms with Crippen molar-refractivity contribution in [2.75, 3.05) is 6.61 Å². The summed E-state index contributed by atoms with van der Waals surface area (Å²) in [6, 6.07) is 15.5. The normalized spacial score (nSPS) is 11.2. The maximum Gasteiger partial charge on any atom is 0.277 e. The van der Waals surface area contributed by atoms with Crippen molar-refractivity contribution >= 4 is 27.5 Å². The van der Waals surface area contributed by atoms with Crippen LogP contribution in [0.1, 0.15) is 30.9 Å². The zero-order valence-corrected chi connectivity index (χ0v) is 15.5. The standard InChI is InChI=1S/C19H21BrN2O2/c1-3-7-17(15-8-5-4-6-9-15)21-22-19(23)13-24-18-11-10-16(20)12-14(18)2/h4-6,8-12H,3,7,13H2,1-2H3,(H,22,23)/b21-17+. The largest absolute Gasteiger partial charge is 0.483 e. The molecular weight excluding hydrogens is 368 g/mol. The monoisotopic (exact) mass is 388 g/mol. The minimum Gasteiger partial charge on any atom is -0.483 e. The lowest BCUT2D eigenvalue weighted by Crippen LogP contribution is -2.26. The van der Waals surface area contributed by atoms with Crippen molar-refractivity contribution in [3.05, 3.63) is 64.1 Å². The Kier molecular flexibility index (Phi) is 7.00. The van der Waals surface area contributed by atoms with E-state index in [1.807, 2.05) is 55.5 Å². The molecule has 24 heavy (non-hydrogen) atoms. The molecule has 0 fully saturated rings. The molecule has 0 aromatic heterocycles. The first-order chi connectivity index (χ1) is 11.6. The Morgan fingerprint density at radius 3 is 2.62 bits per heavy atom. The fourth-order valence-corrected chi connectivity index (χ4v) is 2.69. The SMILES string of the molecule is CCC/C(=N\NC(=O)COc1ccc(Br)cc1C)c1ccccc1. The molecule has 4 nitrogen and oxygen atoms in total. The number of nitrogens with zero attached hydrogens (tertiary/aromatic N) is 1. The second-order valence-corrected chi connectivity index (χ2v) is 6.32. The van der Waals surface area contributed by atoms with Crippen LogP contribution in [0.25, 0.3) is 0 Å². The van der Waals surface area contributed by atoms with E-state index in [2.05, 4.69) is 33.4 Å². The van der Waals surface area contributed by atoms with Gasteiger partial charge in [0, 0.05) is 4.47 Å². The molecule has 5 heteroatoms. The number of hydrazone groups is 1. The van der Waals surface area contributed by atoms with Gasteiger partial charge in [-0.05, 0) is 42.7 Å². The molecule has 0 unspecified atom stereocenters. The van der Waals surface area contributed by atoms with E-state index in [0.717, 1.165) is 34.2 Å². The van der Waals surface area contributed by atoms with Crippen molar-refractivity contribution in [3.8, 4) is 5.75 Å². The maximum atomic E-state index is 12.0. The Bertz CT molecular complexity index is 715. The number of rotatable bonds is 7. The van der Waals surface area contributed by atoms with E-state index < -0.39 is 0 Å². The van der Waals surface area contributed by atoms with E-state index in [9.17, 15) is 4.79 Å². The Balaban J connectivity index is 1.95. The highest BCUT2D eigenvalue weighted by Gasteiger charge is 2.07. The van der Waals surface area contributed by atoms with Gasteiger partial charge in [0.2, 0.25) is 0 Å². The Hall–Kier alpha value is -2.14. The number of carbonyl (C=O) groups is 1. The van der Waals surface area contributed by atoms with Crippen LogP contribution in [0.5, 0.6) is 5.75 Å². The summed E-state index contributed by atoms with van der Waals surface area (Å²) in [6.45, 7) is 3.95. The summed E-state index contributed by atoms with van der Waals surface area (Å²) in [5.41, 5.74) is 5.44. The van der Waals surface area contributed by atoms with Crippen LogP contribution in [0, 0.1) is 6.92 Å². The second kappa shape index (κ2) is 9.23. The van der Waals surface area contributed by atoms with Crippen molar-refractivity contribution in [3.63, 3.8) is 0 Å². The van der Waals surface area contributed by atoms with Gasteiger partial charge < -0.3 is 4.74 Å². The average molecular weight is 389 g/mol. The van der Waals surface area contributed by atoms with E-state index >= 15 is 0 Å². The highest BCUT2D eigenvalue weighted by Crippen LogP contribution is 2.21. The van der Waals surface area contributed by atoms with Crippen LogP contribution in [0.15, 0.2) is 58.1 Å². The van der Waals surface area contributed by atoms with E-state index in [1.54, 1.807) is 0 Å². The molecule has 0 spiro atoms. The van der Waals surface area contributed by atoms with E-state index in [0.29, 0.717) is 5.75 Å². The minimum absolute atomic E-state index is 0.0693.